The molecule has 2 aromatic carbocycles. The van der Waals surface area contributed by atoms with Crippen molar-refractivity contribution in [3.8, 4) is 0 Å². The molecule has 2 aromatic rings. The largest absolute Gasteiger partial charge is 0.449 e. The lowest BCUT2D eigenvalue weighted by Crippen LogP contribution is -2.30. The van der Waals surface area contributed by atoms with Crippen LogP contribution in [-0.2, 0) is 9.53 Å². The van der Waals surface area contributed by atoms with Crippen molar-refractivity contribution in [3.05, 3.63) is 67.9 Å². The summed E-state index contributed by atoms with van der Waals surface area (Å²) in [5.74, 6) is -2.73. The van der Waals surface area contributed by atoms with Crippen LogP contribution in [0.4, 0.5) is 15.8 Å². The molecule has 1 amide bonds. The molecule has 10 heteroatoms. The van der Waals surface area contributed by atoms with E-state index in [4.69, 9.17) is 27.9 Å². The highest BCUT2D eigenvalue weighted by atomic mass is 35.5. The number of carbonyl (C=O) groups excluding carboxylic acids is 2. The Bertz CT molecular complexity index is 871. The summed E-state index contributed by atoms with van der Waals surface area (Å²) in [5.41, 5.74) is -0.912. The van der Waals surface area contributed by atoms with Gasteiger partial charge in [-0.25, -0.2) is 4.79 Å². The van der Waals surface area contributed by atoms with Crippen LogP contribution < -0.4 is 5.32 Å². The molecule has 1 atom stereocenters. The number of hydrogen-bond donors (Lipinski definition) is 1. The van der Waals surface area contributed by atoms with Crippen LogP contribution in [0.1, 0.15) is 17.3 Å². The van der Waals surface area contributed by atoms with Gasteiger partial charge in [-0.15, -0.1) is 0 Å². The first-order valence-corrected chi connectivity index (χ1v) is 7.86. The molecule has 0 spiro atoms. The van der Waals surface area contributed by atoms with Crippen molar-refractivity contribution >= 4 is 46.5 Å². The fraction of sp³-hybridized carbons (Fsp3) is 0.125. The predicted molar refractivity (Wildman–Crippen MR) is 93.0 cm³/mol. The number of hydrogen-bond acceptors (Lipinski definition) is 5. The molecule has 1 N–H and O–H groups in total. The van der Waals surface area contributed by atoms with Gasteiger partial charge in [0.2, 0.25) is 5.82 Å². The molecule has 1 unspecified atom stereocenters. The maximum atomic E-state index is 13.3. The normalized spacial score (nSPS) is 11.5. The molecule has 0 saturated carbocycles. The summed E-state index contributed by atoms with van der Waals surface area (Å²) < 4.78 is 18.3. The minimum absolute atomic E-state index is 0.0261. The van der Waals surface area contributed by atoms with Crippen LogP contribution in [0, 0.1) is 15.9 Å². The molecule has 0 aliphatic rings. The Morgan fingerprint density at radius 3 is 2.42 bits per heavy atom. The first kappa shape index (κ1) is 19.6. The smallest absolute Gasteiger partial charge is 0.341 e. The number of nitrogens with one attached hydrogen (secondary N) is 1. The van der Waals surface area contributed by atoms with E-state index in [1.807, 2.05) is 0 Å². The fourth-order valence-corrected chi connectivity index (χ4v) is 2.49. The number of ether oxygens (including phenoxy) is 1. The summed E-state index contributed by atoms with van der Waals surface area (Å²) in [6.07, 6.45) is -1.26. The van der Waals surface area contributed by atoms with Gasteiger partial charge in [-0.3, -0.25) is 14.9 Å². The Kier molecular flexibility index (Phi) is 6.12. The Morgan fingerprint density at radius 2 is 1.85 bits per heavy atom. The molecule has 0 aliphatic heterocycles. The number of esters is 1. The number of nitrogens with zero attached hydrogens (tertiary/aromatic N) is 1. The van der Waals surface area contributed by atoms with E-state index < -0.39 is 34.4 Å². The van der Waals surface area contributed by atoms with E-state index in [0.717, 1.165) is 18.2 Å². The molecular weight excluding hydrogens is 390 g/mol. The van der Waals surface area contributed by atoms with Crippen LogP contribution >= 0.6 is 23.2 Å². The van der Waals surface area contributed by atoms with E-state index in [1.165, 1.54) is 19.1 Å². The van der Waals surface area contributed by atoms with Crippen LogP contribution in [0.2, 0.25) is 10.0 Å². The fourth-order valence-electron chi connectivity index (χ4n) is 1.94. The van der Waals surface area contributed by atoms with Gasteiger partial charge in [0, 0.05) is 11.8 Å². The summed E-state index contributed by atoms with van der Waals surface area (Å²) in [5, 5.41) is 13.1. The summed E-state index contributed by atoms with van der Waals surface area (Å²) in [6, 6.07) is 7.25. The Balaban J connectivity index is 2.10. The molecule has 0 fully saturated rings. The monoisotopic (exact) mass is 400 g/mol. The highest BCUT2D eigenvalue weighted by Gasteiger charge is 2.23. The zero-order valence-corrected chi connectivity index (χ0v) is 14.7. The van der Waals surface area contributed by atoms with Gasteiger partial charge >= 0.3 is 11.7 Å². The standard InChI is InChI=1S/C16H11Cl2FN2O5/c1-8(26-16(23)14-10(17)3-2-4-11(14)18)15(22)20-9-5-6-12(19)13(7-9)21(24)25/h2-8H,1H3,(H,20,22). The first-order chi connectivity index (χ1) is 12.2. The van der Waals surface area contributed by atoms with E-state index in [9.17, 15) is 24.1 Å². The number of halogens is 3. The summed E-state index contributed by atoms with van der Waals surface area (Å²) >= 11 is 11.8. The van der Waals surface area contributed by atoms with Crippen molar-refractivity contribution in [1.82, 2.24) is 0 Å². The molecule has 0 aliphatic carbocycles. The number of nitro benzene ring substituents is 1. The number of benzene rings is 2. The highest BCUT2D eigenvalue weighted by Crippen LogP contribution is 2.26. The molecule has 26 heavy (non-hydrogen) atoms. The Morgan fingerprint density at radius 1 is 1.23 bits per heavy atom. The number of rotatable bonds is 5. The van der Waals surface area contributed by atoms with E-state index in [1.54, 1.807) is 6.07 Å². The van der Waals surface area contributed by atoms with Crippen LogP contribution in [0.25, 0.3) is 0 Å². The molecule has 0 heterocycles. The van der Waals surface area contributed by atoms with Crippen LogP contribution in [-0.4, -0.2) is 22.9 Å². The van der Waals surface area contributed by atoms with Crippen LogP contribution in [0.3, 0.4) is 0 Å². The lowest BCUT2D eigenvalue weighted by atomic mass is 10.2. The minimum Gasteiger partial charge on any atom is -0.449 e. The number of carbonyl (C=O) groups is 2. The second-order valence-corrected chi connectivity index (χ2v) is 5.87. The third-order valence-corrected chi connectivity index (χ3v) is 3.86. The molecular formula is C16H11Cl2FN2O5. The summed E-state index contributed by atoms with van der Waals surface area (Å²) in [6.45, 7) is 1.29. The van der Waals surface area contributed by atoms with Gasteiger partial charge in [-0.05, 0) is 31.2 Å². The molecule has 0 bridgehead atoms. The first-order valence-electron chi connectivity index (χ1n) is 7.10. The average molecular weight is 401 g/mol. The van der Waals surface area contributed by atoms with Crippen molar-refractivity contribution in [2.24, 2.45) is 0 Å². The number of anilines is 1. The van der Waals surface area contributed by atoms with Gasteiger partial charge in [0.25, 0.3) is 5.91 Å². The van der Waals surface area contributed by atoms with Crippen molar-refractivity contribution in [2.75, 3.05) is 5.32 Å². The van der Waals surface area contributed by atoms with Gasteiger partial charge in [0.15, 0.2) is 6.10 Å². The SMILES string of the molecule is CC(OC(=O)c1c(Cl)cccc1Cl)C(=O)Nc1ccc(F)c([N+](=O)[O-])c1. The van der Waals surface area contributed by atoms with Crippen molar-refractivity contribution in [2.45, 2.75) is 13.0 Å². The van der Waals surface area contributed by atoms with Gasteiger partial charge in [0.1, 0.15) is 0 Å². The van der Waals surface area contributed by atoms with Crippen molar-refractivity contribution < 1.29 is 23.6 Å². The molecule has 0 aromatic heterocycles. The topological polar surface area (TPSA) is 98.5 Å². The summed E-state index contributed by atoms with van der Waals surface area (Å²) in [7, 11) is 0. The lowest BCUT2D eigenvalue weighted by molar-refractivity contribution is -0.387. The van der Waals surface area contributed by atoms with Gasteiger partial charge in [0.05, 0.1) is 20.5 Å². The second kappa shape index (κ2) is 8.11. The van der Waals surface area contributed by atoms with E-state index in [2.05, 4.69) is 5.32 Å². The summed E-state index contributed by atoms with van der Waals surface area (Å²) in [4.78, 5) is 34.0. The zero-order chi connectivity index (χ0) is 19.4. The van der Waals surface area contributed by atoms with Gasteiger partial charge < -0.3 is 10.1 Å². The van der Waals surface area contributed by atoms with Crippen LogP contribution in [0.15, 0.2) is 36.4 Å². The Hall–Kier alpha value is -2.71. The number of nitro groups is 1. The van der Waals surface area contributed by atoms with E-state index >= 15 is 0 Å². The molecule has 0 saturated heterocycles. The third-order valence-electron chi connectivity index (χ3n) is 3.23. The van der Waals surface area contributed by atoms with Crippen molar-refractivity contribution in [1.29, 1.82) is 0 Å². The van der Waals surface area contributed by atoms with E-state index in [-0.39, 0.29) is 21.3 Å². The van der Waals surface area contributed by atoms with Crippen LogP contribution in [0.5, 0.6) is 0 Å². The Labute approximate surface area is 156 Å². The van der Waals surface area contributed by atoms with Crippen molar-refractivity contribution in [3.63, 3.8) is 0 Å². The quantitative estimate of drug-likeness (QED) is 0.460. The molecule has 136 valence electrons. The van der Waals surface area contributed by atoms with E-state index in [0.29, 0.717) is 0 Å². The highest BCUT2D eigenvalue weighted by molar-refractivity contribution is 6.39. The molecule has 7 nitrogen and oxygen atoms in total. The lowest BCUT2D eigenvalue weighted by Gasteiger charge is -2.14. The van der Waals surface area contributed by atoms with Gasteiger partial charge in [-0.2, -0.15) is 4.39 Å². The van der Waals surface area contributed by atoms with Gasteiger partial charge in [-0.1, -0.05) is 29.3 Å². The molecule has 0 radical (unpaired) electrons. The predicted octanol–water partition coefficient (Wildman–Crippen LogP) is 4.22. The zero-order valence-electron chi connectivity index (χ0n) is 13.2. The molecule has 2 rings (SSSR count). The maximum absolute atomic E-state index is 13.3. The number of amides is 1. The average Bonchev–Trinajstić information content (AvgIpc) is 2.56. The second-order valence-electron chi connectivity index (χ2n) is 5.06. The third kappa shape index (κ3) is 4.47. The maximum Gasteiger partial charge on any atom is 0.341 e. The minimum atomic E-state index is -1.26.